The maximum absolute atomic E-state index is 13.7. The number of nitriles is 1. The minimum Gasteiger partial charge on any atom is -0.440 e. The number of halogens is 1. The highest BCUT2D eigenvalue weighted by atomic mass is 32.2. The molecule has 2 aliphatic heterocycles. The second kappa shape index (κ2) is 11.0. The Balaban J connectivity index is 1.34. The van der Waals surface area contributed by atoms with Crippen molar-refractivity contribution in [2.24, 2.45) is 11.3 Å². The van der Waals surface area contributed by atoms with Crippen LogP contribution in [0, 0.1) is 28.5 Å². The standard InChI is InChI=1S/C31H32FN3O5S/c32-23-9-5-22(6-10-23)30-34-28(21-7-11-24(12-8-21)35-13-15-41(37,38)16-14-35)29(40-30)26-4-2-1-3-25(26)27(36)17-31(18-33)19-39-20-31/h5-12,25-26H,1-4,13-17,19-20H2/t25-,26-/m1/s1. The highest BCUT2D eigenvalue weighted by Gasteiger charge is 2.45. The van der Waals surface area contributed by atoms with Crippen molar-refractivity contribution in [3.8, 4) is 28.8 Å². The van der Waals surface area contributed by atoms with Gasteiger partial charge in [-0.1, -0.05) is 25.0 Å². The lowest BCUT2D eigenvalue weighted by Crippen LogP contribution is -2.44. The molecule has 1 saturated carbocycles. The van der Waals surface area contributed by atoms with Crippen molar-refractivity contribution >= 4 is 21.3 Å². The molecule has 3 aromatic rings. The first kappa shape index (κ1) is 27.6. The summed E-state index contributed by atoms with van der Waals surface area (Å²) in [6.45, 7) is 1.47. The predicted molar refractivity (Wildman–Crippen MR) is 151 cm³/mol. The molecule has 3 fully saturated rings. The van der Waals surface area contributed by atoms with E-state index in [0.29, 0.717) is 42.4 Å². The van der Waals surface area contributed by atoms with Gasteiger partial charge in [-0.05, 0) is 49.2 Å². The van der Waals surface area contributed by atoms with E-state index in [1.807, 2.05) is 24.3 Å². The van der Waals surface area contributed by atoms with Gasteiger partial charge in [-0.3, -0.25) is 4.79 Å². The Labute approximate surface area is 239 Å². The molecule has 0 spiro atoms. The molecule has 8 nitrogen and oxygen atoms in total. The minimum absolute atomic E-state index is 0.0561. The predicted octanol–water partition coefficient (Wildman–Crippen LogP) is 5.16. The van der Waals surface area contributed by atoms with Crippen LogP contribution < -0.4 is 4.90 Å². The number of carbonyl (C=O) groups is 1. The maximum Gasteiger partial charge on any atom is 0.226 e. The lowest BCUT2D eigenvalue weighted by molar-refractivity contribution is -0.135. The van der Waals surface area contributed by atoms with E-state index in [9.17, 15) is 22.9 Å². The van der Waals surface area contributed by atoms with Crippen LogP contribution in [0.3, 0.4) is 0 Å². The molecule has 214 valence electrons. The second-order valence-corrected chi connectivity index (χ2v) is 13.8. The van der Waals surface area contributed by atoms with E-state index in [-0.39, 0.29) is 54.6 Å². The summed E-state index contributed by atoms with van der Waals surface area (Å²) in [5.74, 6) is 0.479. The zero-order chi connectivity index (χ0) is 28.6. The number of oxazole rings is 1. The summed E-state index contributed by atoms with van der Waals surface area (Å²) in [5, 5.41) is 9.68. The molecule has 0 amide bonds. The zero-order valence-electron chi connectivity index (χ0n) is 22.7. The molecule has 2 saturated heterocycles. The molecule has 2 atom stereocenters. The van der Waals surface area contributed by atoms with Crippen LogP contribution in [0.15, 0.2) is 52.9 Å². The number of Topliss-reactive ketones (excluding diaryl/α,β-unsaturated/α-hetero) is 1. The molecule has 1 aromatic heterocycles. The molecule has 0 unspecified atom stereocenters. The Morgan fingerprint density at radius 3 is 2.32 bits per heavy atom. The van der Waals surface area contributed by atoms with Crippen LogP contribution in [-0.4, -0.2) is 57.0 Å². The number of hydrogen-bond acceptors (Lipinski definition) is 8. The van der Waals surface area contributed by atoms with Gasteiger partial charge in [0.05, 0.1) is 30.8 Å². The molecule has 41 heavy (non-hydrogen) atoms. The summed E-state index contributed by atoms with van der Waals surface area (Å²) in [6, 6.07) is 16.1. The molecule has 10 heteroatoms. The van der Waals surface area contributed by atoms with Crippen LogP contribution in [0.4, 0.5) is 10.1 Å². The number of hydrogen-bond donors (Lipinski definition) is 0. The van der Waals surface area contributed by atoms with Gasteiger partial charge in [-0.25, -0.2) is 17.8 Å². The molecular weight excluding hydrogens is 545 g/mol. The fraction of sp³-hybridized carbons (Fsp3) is 0.452. The monoisotopic (exact) mass is 577 g/mol. The molecule has 0 radical (unpaired) electrons. The number of ether oxygens (including phenoxy) is 1. The quantitative estimate of drug-likeness (QED) is 0.379. The van der Waals surface area contributed by atoms with Gasteiger partial charge in [-0.2, -0.15) is 5.26 Å². The van der Waals surface area contributed by atoms with E-state index < -0.39 is 15.3 Å². The highest BCUT2D eigenvalue weighted by Crippen LogP contribution is 2.46. The van der Waals surface area contributed by atoms with Gasteiger partial charge in [-0.15, -0.1) is 0 Å². The first-order chi connectivity index (χ1) is 19.8. The lowest BCUT2D eigenvalue weighted by atomic mass is 9.71. The van der Waals surface area contributed by atoms with Crippen molar-refractivity contribution in [2.75, 3.05) is 42.7 Å². The number of nitrogens with zero attached hydrogens (tertiary/aromatic N) is 3. The van der Waals surface area contributed by atoms with E-state index in [0.717, 1.165) is 30.5 Å². The lowest BCUT2D eigenvalue weighted by Gasteiger charge is -2.37. The first-order valence-corrected chi connectivity index (χ1v) is 15.9. The molecule has 1 aliphatic carbocycles. The number of benzene rings is 2. The molecule has 6 rings (SSSR count). The number of aromatic nitrogens is 1. The number of carbonyl (C=O) groups excluding carboxylic acids is 1. The molecule has 0 N–H and O–H groups in total. The molecule has 2 aromatic carbocycles. The smallest absolute Gasteiger partial charge is 0.226 e. The number of ketones is 1. The van der Waals surface area contributed by atoms with Crippen molar-refractivity contribution < 1.29 is 26.8 Å². The topological polar surface area (TPSA) is 113 Å². The van der Waals surface area contributed by atoms with E-state index in [1.165, 1.54) is 12.1 Å². The van der Waals surface area contributed by atoms with Gasteiger partial charge in [0.25, 0.3) is 0 Å². The Morgan fingerprint density at radius 2 is 1.68 bits per heavy atom. The second-order valence-electron chi connectivity index (χ2n) is 11.4. The zero-order valence-corrected chi connectivity index (χ0v) is 23.5. The van der Waals surface area contributed by atoms with Gasteiger partial charge < -0.3 is 14.1 Å². The average Bonchev–Trinajstić information content (AvgIpc) is 3.41. The molecule has 3 heterocycles. The fourth-order valence-electron chi connectivity index (χ4n) is 6.16. The van der Waals surface area contributed by atoms with E-state index in [1.54, 1.807) is 12.1 Å². The molecular formula is C31H32FN3O5S. The normalized spacial score (nSPS) is 23.4. The van der Waals surface area contributed by atoms with Crippen LogP contribution in [0.5, 0.6) is 0 Å². The summed E-state index contributed by atoms with van der Waals surface area (Å²) in [4.78, 5) is 20.5. The third-order valence-electron chi connectivity index (χ3n) is 8.62. The summed E-state index contributed by atoms with van der Waals surface area (Å²) in [7, 11) is -2.98. The highest BCUT2D eigenvalue weighted by molar-refractivity contribution is 7.91. The summed E-state index contributed by atoms with van der Waals surface area (Å²) >= 11 is 0. The SMILES string of the molecule is N#CC1(CC(=O)[C@@H]2CCCC[C@H]2c2oc(-c3ccc(F)cc3)nc2-c2ccc(N3CCS(=O)(=O)CC3)cc2)COC1. The summed E-state index contributed by atoms with van der Waals surface area (Å²) in [6.07, 6.45) is 3.52. The van der Waals surface area contributed by atoms with Crippen molar-refractivity contribution in [2.45, 2.75) is 38.0 Å². The maximum atomic E-state index is 13.7. The van der Waals surface area contributed by atoms with Crippen molar-refractivity contribution in [3.63, 3.8) is 0 Å². The van der Waals surface area contributed by atoms with Crippen LogP contribution in [0.1, 0.15) is 43.8 Å². The minimum atomic E-state index is -2.98. The van der Waals surface area contributed by atoms with Crippen LogP contribution in [0.2, 0.25) is 0 Å². The third-order valence-corrected chi connectivity index (χ3v) is 10.2. The van der Waals surface area contributed by atoms with Crippen molar-refractivity contribution in [3.05, 3.63) is 60.1 Å². The largest absolute Gasteiger partial charge is 0.440 e. The molecule has 3 aliphatic rings. The Hall–Kier alpha value is -3.55. The van der Waals surface area contributed by atoms with E-state index in [4.69, 9.17) is 14.1 Å². The average molecular weight is 578 g/mol. The van der Waals surface area contributed by atoms with E-state index >= 15 is 0 Å². The van der Waals surface area contributed by atoms with Gasteiger partial charge in [0, 0.05) is 48.2 Å². The van der Waals surface area contributed by atoms with Gasteiger partial charge >= 0.3 is 0 Å². The Morgan fingerprint density at radius 1 is 1.02 bits per heavy atom. The number of sulfone groups is 1. The van der Waals surface area contributed by atoms with Crippen LogP contribution >= 0.6 is 0 Å². The van der Waals surface area contributed by atoms with Gasteiger partial charge in [0.1, 0.15) is 28.5 Å². The summed E-state index contributed by atoms with van der Waals surface area (Å²) in [5.41, 5.74) is 2.29. The van der Waals surface area contributed by atoms with Gasteiger partial charge in [0.2, 0.25) is 5.89 Å². The Bertz CT molecular complexity index is 1560. The van der Waals surface area contributed by atoms with Gasteiger partial charge in [0.15, 0.2) is 9.84 Å². The third kappa shape index (κ3) is 5.66. The van der Waals surface area contributed by atoms with Crippen LogP contribution in [0.25, 0.3) is 22.7 Å². The summed E-state index contributed by atoms with van der Waals surface area (Å²) < 4.78 is 49.1. The van der Waals surface area contributed by atoms with E-state index in [2.05, 4.69) is 11.0 Å². The van der Waals surface area contributed by atoms with Crippen LogP contribution in [-0.2, 0) is 19.4 Å². The molecule has 0 bridgehead atoms. The number of anilines is 1. The van der Waals surface area contributed by atoms with Crippen molar-refractivity contribution in [1.29, 1.82) is 5.26 Å². The first-order valence-electron chi connectivity index (χ1n) is 14.1. The fourth-order valence-corrected chi connectivity index (χ4v) is 7.36. The number of rotatable bonds is 7. The van der Waals surface area contributed by atoms with Crippen molar-refractivity contribution in [1.82, 2.24) is 4.98 Å². The Kier molecular flexibility index (Phi) is 7.43.